The van der Waals surface area contributed by atoms with E-state index in [0.717, 1.165) is 0 Å². The van der Waals surface area contributed by atoms with Gasteiger partial charge in [-0.3, -0.25) is 4.79 Å². The zero-order chi connectivity index (χ0) is 16.8. The maximum atomic E-state index is 12.2. The Hall–Kier alpha value is -1.35. The summed E-state index contributed by atoms with van der Waals surface area (Å²) < 4.78 is 40.7. The molecule has 2 unspecified atom stereocenters. The van der Waals surface area contributed by atoms with Crippen LogP contribution >= 0.6 is 0 Å². The largest absolute Gasteiger partial charge is 0.491 e. The lowest BCUT2D eigenvalue weighted by Crippen LogP contribution is -2.52. The standard InChI is InChI=1S/C12H21F3N2O4/c1-4-6(2)8(16)9(19)17-10(7(3)5-18)21-11(20)12(13,14)15/h6-8,10,18H,4-5,16H2,1-3H3,(H,17,19)/t6-,7?,8-,10?/m0/s1. The van der Waals surface area contributed by atoms with Crippen molar-refractivity contribution in [3.8, 4) is 0 Å². The van der Waals surface area contributed by atoms with Crippen molar-refractivity contribution in [1.29, 1.82) is 0 Å². The molecule has 21 heavy (non-hydrogen) atoms. The molecular formula is C12H21F3N2O4. The molecule has 124 valence electrons. The molecule has 4 N–H and O–H groups in total. The number of ether oxygens (including phenoxy) is 1. The number of hydrogen-bond acceptors (Lipinski definition) is 5. The third-order valence-electron chi connectivity index (χ3n) is 3.11. The molecule has 0 saturated carbocycles. The van der Waals surface area contributed by atoms with Gasteiger partial charge >= 0.3 is 12.1 Å². The first-order valence-corrected chi connectivity index (χ1v) is 6.49. The Morgan fingerprint density at radius 3 is 2.19 bits per heavy atom. The van der Waals surface area contributed by atoms with Crippen LogP contribution in [0.2, 0.25) is 0 Å². The van der Waals surface area contributed by atoms with Crippen LogP contribution in [0.3, 0.4) is 0 Å². The monoisotopic (exact) mass is 314 g/mol. The molecule has 9 heteroatoms. The lowest BCUT2D eigenvalue weighted by atomic mass is 9.99. The van der Waals surface area contributed by atoms with Gasteiger partial charge in [0.2, 0.25) is 5.91 Å². The quantitative estimate of drug-likeness (QED) is 0.470. The van der Waals surface area contributed by atoms with E-state index in [-0.39, 0.29) is 5.92 Å². The van der Waals surface area contributed by atoms with Crippen LogP contribution in [-0.2, 0) is 14.3 Å². The fraction of sp³-hybridized carbons (Fsp3) is 0.833. The van der Waals surface area contributed by atoms with Gasteiger partial charge in [0, 0.05) is 5.92 Å². The molecule has 0 fully saturated rings. The highest BCUT2D eigenvalue weighted by molar-refractivity contribution is 5.82. The van der Waals surface area contributed by atoms with Crippen LogP contribution in [-0.4, -0.2) is 42.0 Å². The molecule has 0 aromatic heterocycles. The van der Waals surface area contributed by atoms with Crippen LogP contribution < -0.4 is 11.1 Å². The van der Waals surface area contributed by atoms with Gasteiger partial charge in [-0.25, -0.2) is 4.79 Å². The molecule has 6 nitrogen and oxygen atoms in total. The zero-order valence-electron chi connectivity index (χ0n) is 12.1. The third kappa shape index (κ3) is 6.30. The number of hydrogen-bond donors (Lipinski definition) is 3. The van der Waals surface area contributed by atoms with Crippen LogP contribution in [0, 0.1) is 11.8 Å². The Kier molecular flexibility index (Phi) is 7.65. The molecular weight excluding hydrogens is 293 g/mol. The Morgan fingerprint density at radius 2 is 1.81 bits per heavy atom. The van der Waals surface area contributed by atoms with Gasteiger partial charge in [-0.15, -0.1) is 0 Å². The van der Waals surface area contributed by atoms with E-state index in [0.29, 0.717) is 6.42 Å². The predicted octanol–water partition coefficient (Wildman–Crippen LogP) is 0.536. The first-order chi connectivity index (χ1) is 9.54. The van der Waals surface area contributed by atoms with E-state index in [2.05, 4.69) is 10.1 Å². The number of amides is 1. The fourth-order valence-corrected chi connectivity index (χ4v) is 1.31. The summed E-state index contributed by atoms with van der Waals surface area (Å²) in [6.45, 7) is 4.25. The summed E-state index contributed by atoms with van der Waals surface area (Å²) in [6, 6.07) is -0.951. The highest BCUT2D eigenvalue weighted by Gasteiger charge is 2.43. The normalized spacial score (nSPS) is 17.5. The molecule has 0 aliphatic carbocycles. The first-order valence-electron chi connectivity index (χ1n) is 6.49. The molecule has 4 atom stereocenters. The molecule has 0 spiro atoms. The molecule has 0 aliphatic rings. The molecule has 0 aliphatic heterocycles. The second kappa shape index (κ2) is 8.18. The Balaban J connectivity index is 4.87. The number of esters is 1. The second-order valence-corrected chi connectivity index (χ2v) is 4.90. The minimum absolute atomic E-state index is 0.201. The van der Waals surface area contributed by atoms with Gasteiger partial charge in [0.05, 0.1) is 12.6 Å². The molecule has 0 heterocycles. The summed E-state index contributed by atoms with van der Waals surface area (Å²) in [5.41, 5.74) is 5.64. The highest BCUT2D eigenvalue weighted by Crippen LogP contribution is 2.19. The minimum Gasteiger partial charge on any atom is -0.435 e. The van der Waals surface area contributed by atoms with E-state index in [1.54, 1.807) is 13.8 Å². The van der Waals surface area contributed by atoms with Crippen molar-refractivity contribution in [2.75, 3.05) is 6.61 Å². The average molecular weight is 314 g/mol. The van der Waals surface area contributed by atoms with Crippen LogP contribution in [0.15, 0.2) is 0 Å². The van der Waals surface area contributed by atoms with Crippen molar-refractivity contribution in [3.63, 3.8) is 0 Å². The second-order valence-electron chi connectivity index (χ2n) is 4.90. The van der Waals surface area contributed by atoms with Gasteiger partial charge in [0.1, 0.15) is 0 Å². The SMILES string of the molecule is CC[C@H](C)[C@H](N)C(=O)NC(OC(=O)C(F)(F)F)C(C)CO. The van der Waals surface area contributed by atoms with Crippen LogP contribution in [0.25, 0.3) is 0 Å². The van der Waals surface area contributed by atoms with Gasteiger partial charge in [-0.05, 0) is 5.92 Å². The van der Waals surface area contributed by atoms with Crippen LogP contribution in [0.5, 0.6) is 0 Å². The fourth-order valence-electron chi connectivity index (χ4n) is 1.31. The van der Waals surface area contributed by atoms with Gasteiger partial charge in [-0.2, -0.15) is 13.2 Å². The predicted molar refractivity (Wildman–Crippen MR) is 67.8 cm³/mol. The van der Waals surface area contributed by atoms with Crippen molar-refractivity contribution in [2.24, 2.45) is 17.6 Å². The molecule has 1 amide bonds. The highest BCUT2D eigenvalue weighted by atomic mass is 19.4. The van der Waals surface area contributed by atoms with Crippen molar-refractivity contribution < 1.29 is 32.6 Å². The Labute approximate surface area is 120 Å². The van der Waals surface area contributed by atoms with Crippen LogP contribution in [0.4, 0.5) is 13.2 Å². The molecule has 0 rings (SSSR count). The smallest absolute Gasteiger partial charge is 0.435 e. The number of alkyl halides is 3. The summed E-state index contributed by atoms with van der Waals surface area (Å²) in [4.78, 5) is 22.6. The maximum absolute atomic E-state index is 12.2. The number of nitrogens with one attached hydrogen (secondary N) is 1. The number of nitrogens with two attached hydrogens (primary N) is 1. The van der Waals surface area contributed by atoms with E-state index < -0.39 is 42.8 Å². The molecule has 0 saturated heterocycles. The van der Waals surface area contributed by atoms with Crippen molar-refractivity contribution in [1.82, 2.24) is 5.32 Å². The van der Waals surface area contributed by atoms with Gasteiger partial charge < -0.3 is 20.9 Å². The molecule has 0 radical (unpaired) electrons. The number of halogens is 3. The zero-order valence-corrected chi connectivity index (χ0v) is 12.1. The number of aliphatic hydroxyl groups excluding tert-OH is 1. The third-order valence-corrected chi connectivity index (χ3v) is 3.11. The van der Waals surface area contributed by atoms with E-state index >= 15 is 0 Å². The average Bonchev–Trinajstić information content (AvgIpc) is 2.42. The van der Waals surface area contributed by atoms with Crippen molar-refractivity contribution in [2.45, 2.75) is 45.6 Å². The van der Waals surface area contributed by atoms with E-state index in [1.165, 1.54) is 6.92 Å². The number of aliphatic hydroxyl groups is 1. The van der Waals surface area contributed by atoms with E-state index in [1.807, 2.05) is 0 Å². The lowest BCUT2D eigenvalue weighted by molar-refractivity contribution is -0.209. The van der Waals surface area contributed by atoms with Crippen molar-refractivity contribution in [3.05, 3.63) is 0 Å². The maximum Gasteiger partial charge on any atom is 0.491 e. The molecule has 0 bridgehead atoms. The lowest BCUT2D eigenvalue weighted by Gasteiger charge is -2.26. The Bertz CT molecular complexity index is 363. The minimum atomic E-state index is -5.18. The number of carbonyl (C=O) groups excluding carboxylic acids is 2. The van der Waals surface area contributed by atoms with Crippen LogP contribution in [0.1, 0.15) is 27.2 Å². The Morgan fingerprint density at radius 1 is 1.29 bits per heavy atom. The summed E-state index contributed by atoms with van der Waals surface area (Å²) in [6.07, 6.45) is -6.19. The number of carbonyl (C=O) groups is 2. The van der Waals surface area contributed by atoms with Gasteiger partial charge in [0.25, 0.3) is 0 Å². The molecule has 0 aromatic carbocycles. The van der Waals surface area contributed by atoms with Gasteiger partial charge in [0.15, 0.2) is 6.23 Å². The summed E-state index contributed by atoms with van der Waals surface area (Å²) in [5.74, 6) is -4.30. The summed E-state index contributed by atoms with van der Waals surface area (Å²) >= 11 is 0. The first kappa shape index (κ1) is 19.7. The number of rotatable bonds is 7. The summed E-state index contributed by atoms with van der Waals surface area (Å²) in [5, 5.41) is 11.1. The van der Waals surface area contributed by atoms with Crippen molar-refractivity contribution >= 4 is 11.9 Å². The topological polar surface area (TPSA) is 102 Å². The molecule has 0 aromatic rings. The van der Waals surface area contributed by atoms with E-state index in [4.69, 9.17) is 10.8 Å². The van der Waals surface area contributed by atoms with E-state index in [9.17, 15) is 22.8 Å². The van der Waals surface area contributed by atoms with Gasteiger partial charge in [-0.1, -0.05) is 27.2 Å². The summed E-state index contributed by atoms with van der Waals surface area (Å²) in [7, 11) is 0.